The first kappa shape index (κ1) is 18.5. The lowest BCUT2D eigenvalue weighted by Gasteiger charge is -2.60. The fourth-order valence-corrected chi connectivity index (χ4v) is 5.16. The van der Waals surface area contributed by atoms with E-state index in [4.69, 9.17) is 4.74 Å². The van der Waals surface area contributed by atoms with Crippen molar-refractivity contribution < 1.29 is 14.3 Å². The van der Waals surface area contributed by atoms with Crippen molar-refractivity contribution in [2.45, 2.75) is 51.6 Å². The number of carbonyl (C=O) groups excluding carboxylic acids is 2. The number of ether oxygens (including phenoxy) is 1. The number of piperidine rings is 1. The van der Waals surface area contributed by atoms with Gasteiger partial charge in [0.25, 0.3) is 0 Å². The first-order chi connectivity index (χ1) is 13.0. The Morgan fingerprint density at radius 3 is 2.33 bits per heavy atom. The van der Waals surface area contributed by atoms with Gasteiger partial charge < -0.3 is 14.5 Å². The Labute approximate surface area is 161 Å². The molecule has 0 saturated carbocycles. The van der Waals surface area contributed by atoms with Crippen molar-refractivity contribution >= 4 is 11.8 Å². The molecule has 3 heterocycles. The summed E-state index contributed by atoms with van der Waals surface area (Å²) >= 11 is 0. The standard InChI is InChI=1S/C22H30N2O3/c1-16(2)24-19(17-6-4-3-5-7-17)22(21(24)26)10-12-23(13-11-22)20(25)18-8-14-27-15-9-18/h3-7,16,18-19H,8-15H2,1-2H3. The summed E-state index contributed by atoms with van der Waals surface area (Å²) in [4.78, 5) is 30.0. The third kappa shape index (κ3) is 3.06. The Kier molecular flexibility index (Phi) is 4.97. The molecule has 146 valence electrons. The Hall–Kier alpha value is -1.88. The van der Waals surface area contributed by atoms with E-state index in [1.165, 1.54) is 5.56 Å². The topological polar surface area (TPSA) is 49.9 Å². The van der Waals surface area contributed by atoms with Crippen LogP contribution in [0.4, 0.5) is 0 Å². The van der Waals surface area contributed by atoms with E-state index < -0.39 is 0 Å². The molecule has 27 heavy (non-hydrogen) atoms. The minimum Gasteiger partial charge on any atom is -0.381 e. The predicted octanol–water partition coefficient (Wildman–Crippen LogP) is 3.01. The van der Waals surface area contributed by atoms with E-state index in [0.29, 0.717) is 26.3 Å². The minimum absolute atomic E-state index is 0.0991. The van der Waals surface area contributed by atoms with Crippen LogP contribution in [-0.4, -0.2) is 54.0 Å². The summed E-state index contributed by atoms with van der Waals surface area (Å²) in [5.41, 5.74) is 0.882. The van der Waals surface area contributed by atoms with Gasteiger partial charge in [-0.2, -0.15) is 0 Å². The Morgan fingerprint density at radius 1 is 1.11 bits per heavy atom. The number of hydrogen-bond acceptors (Lipinski definition) is 3. The zero-order valence-electron chi connectivity index (χ0n) is 16.4. The fraction of sp³-hybridized carbons (Fsp3) is 0.636. The maximum atomic E-state index is 13.1. The molecule has 3 aliphatic rings. The highest BCUT2D eigenvalue weighted by molar-refractivity contribution is 5.91. The van der Waals surface area contributed by atoms with Gasteiger partial charge in [0.15, 0.2) is 0 Å². The molecule has 3 aliphatic heterocycles. The van der Waals surface area contributed by atoms with E-state index in [0.717, 1.165) is 25.7 Å². The summed E-state index contributed by atoms with van der Waals surface area (Å²) in [6, 6.07) is 10.7. The molecule has 4 rings (SSSR count). The highest BCUT2D eigenvalue weighted by atomic mass is 16.5. The van der Waals surface area contributed by atoms with Crippen LogP contribution in [0, 0.1) is 11.3 Å². The fourth-order valence-electron chi connectivity index (χ4n) is 5.16. The van der Waals surface area contributed by atoms with Gasteiger partial charge in [0.2, 0.25) is 11.8 Å². The van der Waals surface area contributed by atoms with Gasteiger partial charge in [-0.05, 0) is 45.1 Å². The lowest BCUT2D eigenvalue weighted by Crippen LogP contribution is -2.68. The summed E-state index contributed by atoms with van der Waals surface area (Å²) in [7, 11) is 0. The van der Waals surface area contributed by atoms with Gasteiger partial charge in [-0.15, -0.1) is 0 Å². The average Bonchev–Trinajstić information content (AvgIpc) is 2.72. The van der Waals surface area contributed by atoms with Crippen LogP contribution < -0.4 is 0 Å². The summed E-state index contributed by atoms with van der Waals surface area (Å²) in [6.07, 6.45) is 3.19. The highest BCUT2D eigenvalue weighted by Crippen LogP contribution is 2.56. The second-order valence-corrected chi connectivity index (χ2v) is 8.49. The number of benzene rings is 1. The van der Waals surface area contributed by atoms with Gasteiger partial charge in [-0.25, -0.2) is 0 Å². The maximum Gasteiger partial charge on any atom is 0.232 e. The molecule has 0 bridgehead atoms. The number of amides is 2. The number of β-lactam (4-membered cyclic amide) rings is 1. The van der Waals surface area contributed by atoms with Crippen molar-refractivity contribution in [2.24, 2.45) is 11.3 Å². The quantitative estimate of drug-likeness (QED) is 0.769. The van der Waals surface area contributed by atoms with Crippen molar-refractivity contribution in [2.75, 3.05) is 26.3 Å². The molecule has 1 aromatic rings. The number of likely N-dealkylation sites (tertiary alicyclic amines) is 2. The van der Waals surface area contributed by atoms with E-state index in [1.54, 1.807) is 0 Å². The number of nitrogens with zero attached hydrogens (tertiary/aromatic N) is 2. The Balaban J connectivity index is 1.50. The van der Waals surface area contributed by atoms with Gasteiger partial charge in [0.1, 0.15) is 0 Å². The van der Waals surface area contributed by atoms with Gasteiger partial charge >= 0.3 is 0 Å². The highest BCUT2D eigenvalue weighted by Gasteiger charge is 2.62. The molecule has 2 amide bonds. The summed E-state index contributed by atoms with van der Waals surface area (Å²) < 4.78 is 5.39. The lowest BCUT2D eigenvalue weighted by atomic mass is 9.61. The Bertz CT molecular complexity index is 689. The molecule has 0 radical (unpaired) electrons. The Morgan fingerprint density at radius 2 is 1.74 bits per heavy atom. The van der Waals surface area contributed by atoms with Crippen LogP contribution in [0.25, 0.3) is 0 Å². The van der Waals surface area contributed by atoms with Gasteiger partial charge in [0, 0.05) is 38.3 Å². The molecule has 1 aromatic carbocycles. The third-order valence-electron chi connectivity index (χ3n) is 6.67. The van der Waals surface area contributed by atoms with Crippen LogP contribution in [0.1, 0.15) is 51.1 Å². The second kappa shape index (κ2) is 7.27. The summed E-state index contributed by atoms with van der Waals surface area (Å²) in [5, 5.41) is 0. The van der Waals surface area contributed by atoms with Crippen LogP contribution in [0.5, 0.6) is 0 Å². The van der Waals surface area contributed by atoms with Crippen molar-refractivity contribution in [3.8, 4) is 0 Å². The predicted molar refractivity (Wildman–Crippen MR) is 103 cm³/mol. The lowest BCUT2D eigenvalue weighted by molar-refractivity contribution is -0.186. The van der Waals surface area contributed by atoms with E-state index >= 15 is 0 Å². The SMILES string of the molecule is CC(C)N1C(=O)C2(CCN(C(=O)C3CCOCC3)CC2)C1c1ccccc1. The van der Waals surface area contributed by atoms with Crippen LogP contribution in [0.3, 0.4) is 0 Å². The van der Waals surface area contributed by atoms with E-state index in [-0.39, 0.29) is 35.2 Å². The first-order valence-corrected chi connectivity index (χ1v) is 10.3. The van der Waals surface area contributed by atoms with Crippen molar-refractivity contribution in [3.63, 3.8) is 0 Å². The van der Waals surface area contributed by atoms with Gasteiger partial charge in [-0.3, -0.25) is 9.59 Å². The van der Waals surface area contributed by atoms with Crippen LogP contribution in [0.15, 0.2) is 30.3 Å². The van der Waals surface area contributed by atoms with E-state index in [2.05, 4.69) is 26.0 Å². The molecule has 3 saturated heterocycles. The smallest absolute Gasteiger partial charge is 0.232 e. The molecule has 5 heteroatoms. The molecular formula is C22H30N2O3. The second-order valence-electron chi connectivity index (χ2n) is 8.49. The minimum atomic E-state index is -0.335. The van der Waals surface area contributed by atoms with Crippen molar-refractivity contribution in [1.82, 2.24) is 9.80 Å². The monoisotopic (exact) mass is 370 g/mol. The van der Waals surface area contributed by atoms with Gasteiger partial charge in [-0.1, -0.05) is 30.3 Å². The van der Waals surface area contributed by atoms with E-state index in [1.807, 2.05) is 28.0 Å². The zero-order valence-corrected chi connectivity index (χ0v) is 16.4. The van der Waals surface area contributed by atoms with Gasteiger partial charge in [0.05, 0.1) is 11.5 Å². The molecule has 0 N–H and O–H groups in total. The summed E-state index contributed by atoms with van der Waals surface area (Å²) in [5.74, 6) is 0.628. The maximum absolute atomic E-state index is 13.1. The molecular weight excluding hydrogens is 340 g/mol. The number of carbonyl (C=O) groups is 2. The first-order valence-electron chi connectivity index (χ1n) is 10.3. The third-order valence-corrected chi connectivity index (χ3v) is 6.67. The molecule has 1 atom stereocenters. The van der Waals surface area contributed by atoms with Crippen molar-refractivity contribution in [3.05, 3.63) is 35.9 Å². The molecule has 1 spiro atoms. The number of rotatable bonds is 3. The molecule has 5 nitrogen and oxygen atoms in total. The molecule has 1 unspecified atom stereocenters. The van der Waals surface area contributed by atoms with Crippen LogP contribution in [0.2, 0.25) is 0 Å². The van der Waals surface area contributed by atoms with Crippen LogP contribution >= 0.6 is 0 Å². The molecule has 0 aromatic heterocycles. The average molecular weight is 370 g/mol. The molecule has 0 aliphatic carbocycles. The largest absolute Gasteiger partial charge is 0.381 e. The number of hydrogen-bond donors (Lipinski definition) is 0. The van der Waals surface area contributed by atoms with Crippen molar-refractivity contribution in [1.29, 1.82) is 0 Å². The van der Waals surface area contributed by atoms with Crippen LogP contribution in [-0.2, 0) is 14.3 Å². The molecule has 3 fully saturated rings. The van der Waals surface area contributed by atoms with E-state index in [9.17, 15) is 9.59 Å². The zero-order chi connectivity index (χ0) is 19.0. The normalized spacial score (nSPS) is 25.7. The summed E-state index contributed by atoms with van der Waals surface area (Å²) in [6.45, 7) is 6.93.